The van der Waals surface area contributed by atoms with Crippen LogP contribution in [0.4, 0.5) is 18.9 Å². The van der Waals surface area contributed by atoms with Gasteiger partial charge in [0.25, 0.3) is 11.8 Å². The molecule has 0 aliphatic carbocycles. The van der Waals surface area contributed by atoms with Crippen LogP contribution in [0.15, 0.2) is 47.1 Å². The van der Waals surface area contributed by atoms with Crippen LogP contribution in [-0.2, 0) is 14.3 Å². The Balaban J connectivity index is 1.86. The molecule has 0 spiro atoms. The molecular weight excluding hydrogens is 409 g/mol. The van der Waals surface area contributed by atoms with E-state index in [1.807, 2.05) is 0 Å². The van der Waals surface area contributed by atoms with Crippen molar-refractivity contribution < 1.29 is 41.4 Å². The molecule has 30 heavy (non-hydrogen) atoms. The van der Waals surface area contributed by atoms with E-state index < -0.39 is 42.5 Å². The zero-order valence-electron chi connectivity index (χ0n) is 16.0. The molecule has 2 aromatic rings. The number of esters is 1. The summed E-state index contributed by atoms with van der Waals surface area (Å²) in [6, 6.07) is 6.36. The second-order valence-corrected chi connectivity index (χ2v) is 6.40. The molecule has 2 N–H and O–H groups in total. The Kier molecular flexibility index (Phi) is 7.45. The van der Waals surface area contributed by atoms with Crippen LogP contribution in [0.25, 0.3) is 0 Å². The molecule has 2 rings (SSSR count). The monoisotopic (exact) mass is 428 g/mol. The second kappa shape index (κ2) is 9.81. The molecular formula is C19H19F3N2O6. The molecule has 0 bridgehead atoms. The third kappa shape index (κ3) is 7.15. The number of nitrogens with one attached hydrogen (secondary N) is 2. The summed E-state index contributed by atoms with van der Waals surface area (Å²) in [7, 11) is 0. The third-order valence-electron chi connectivity index (χ3n) is 3.67. The van der Waals surface area contributed by atoms with E-state index in [0.717, 1.165) is 12.1 Å². The van der Waals surface area contributed by atoms with Crippen LogP contribution in [0.1, 0.15) is 24.4 Å². The highest BCUT2D eigenvalue weighted by Crippen LogP contribution is 2.23. The number of ether oxygens (including phenoxy) is 2. The molecule has 0 radical (unpaired) electrons. The lowest BCUT2D eigenvalue weighted by molar-refractivity contribution is -0.274. The Bertz CT molecular complexity index is 863. The average molecular weight is 428 g/mol. The fourth-order valence-electron chi connectivity index (χ4n) is 2.28. The van der Waals surface area contributed by atoms with Gasteiger partial charge in [0.15, 0.2) is 12.4 Å². The molecule has 1 atom stereocenters. The van der Waals surface area contributed by atoms with Gasteiger partial charge in [0.2, 0.25) is 0 Å². The zero-order chi connectivity index (χ0) is 22.3. The fraction of sp³-hybridized carbons (Fsp3) is 0.316. The van der Waals surface area contributed by atoms with Crippen molar-refractivity contribution in [2.24, 2.45) is 5.92 Å². The first-order valence-corrected chi connectivity index (χ1v) is 8.72. The lowest BCUT2D eigenvalue weighted by Gasteiger charge is -2.20. The van der Waals surface area contributed by atoms with Crippen molar-refractivity contribution in [3.8, 4) is 5.75 Å². The number of hydrogen-bond donors (Lipinski definition) is 2. The minimum atomic E-state index is -4.82. The summed E-state index contributed by atoms with van der Waals surface area (Å²) in [5, 5.41) is 4.84. The summed E-state index contributed by atoms with van der Waals surface area (Å²) in [4.78, 5) is 36.2. The number of rotatable bonds is 8. The number of carbonyl (C=O) groups is 3. The zero-order valence-corrected chi connectivity index (χ0v) is 16.0. The quantitative estimate of drug-likeness (QED) is 0.626. The summed E-state index contributed by atoms with van der Waals surface area (Å²) in [6.07, 6.45) is -3.51. The first kappa shape index (κ1) is 22.8. The molecule has 8 nitrogen and oxygen atoms in total. The minimum Gasteiger partial charge on any atom is -0.459 e. The van der Waals surface area contributed by atoms with Crippen LogP contribution in [-0.4, -0.2) is 36.8 Å². The van der Waals surface area contributed by atoms with E-state index in [2.05, 4.69) is 15.4 Å². The number of furan rings is 1. The Morgan fingerprint density at radius 3 is 2.30 bits per heavy atom. The van der Waals surface area contributed by atoms with E-state index >= 15 is 0 Å². The largest absolute Gasteiger partial charge is 0.573 e. The molecule has 0 unspecified atom stereocenters. The van der Waals surface area contributed by atoms with Crippen molar-refractivity contribution in [2.45, 2.75) is 26.3 Å². The van der Waals surface area contributed by atoms with Gasteiger partial charge in [0, 0.05) is 5.69 Å². The molecule has 1 aromatic carbocycles. The molecule has 1 aromatic heterocycles. The number of hydrogen-bond acceptors (Lipinski definition) is 6. The molecule has 0 fully saturated rings. The average Bonchev–Trinajstić information content (AvgIpc) is 3.19. The summed E-state index contributed by atoms with van der Waals surface area (Å²) in [5.41, 5.74) is 0.178. The van der Waals surface area contributed by atoms with Gasteiger partial charge in [-0.15, -0.1) is 13.2 Å². The van der Waals surface area contributed by atoms with E-state index in [1.165, 1.54) is 30.5 Å². The van der Waals surface area contributed by atoms with Crippen molar-refractivity contribution in [3.63, 3.8) is 0 Å². The summed E-state index contributed by atoms with van der Waals surface area (Å²) < 4.78 is 50.0. The third-order valence-corrected chi connectivity index (χ3v) is 3.67. The SMILES string of the molecule is CC(C)[C@H](NC(=O)c1ccco1)C(=O)OCC(=O)Nc1ccc(OC(F)(F)F)cc1. The summed E-state index contributed by atoms with van der Waals surface area (Å²) in [5.74, 6) is -2.91. The highest BCUT2D eigenvalue weighted by molar-refractivity contribution is 5.96. The van der Waals surface area contributed by atoms with Crippen LogP contribution >= 0.6 is 0 Å². The Hall–Kier alpha value is -3.50. The van der Waals surface area contributed by atoms with Gasteiger partial charge in [0.1, 0.15) is 11.8 Å². The smallest absolute Gasteiger partial charge is 0.459 e. The topological polar surface area (TPSA) is 107 Å². The Morgan fingerprint density at radius 1 is 1.10 bits per heavy atom. The van der Waals surface area contributed by atoms with E-state index in [1.54, 1.807) is 13.8 Å². The van der Waals surface area contributed by atoms with Gasteiger partial charge in [-0.3, -0.25) is 9.59 Å². The number of anilines is 1. The van der Waals surface area contributed by atoms with Crippen LogP contribution in [0, 0.1) is 5.92 Å². The van der Waals surface area contributed by atoms with Crippen molar-refractivity contribution in [3.05, 3.63) is 48.4 Å². The maximum absolute atomic E-state index is 12.3. The molecule has 0 aliphatic rings. The number of alkyl halides is 3. The summed E-state index contributed by atoms with van der Waals surface area (Å²) in [6.45, 7) is 2.71. The number of carbonyl (C=O) groups excluding carboxylic acids is 3. The minimum absolute atomic E-state index is 0.0177. The lowest BCUT2D eigenvalue weighted by Crippen LogP contribution is -2.45. The Morgan fingerprint density at radius 2 is 1.77 bits per heavy atom. The maximum atomic E-state index is 12.3. The van der Waals surface area contributed by atoms with E-state index in [0.29, 0.717) is 0 Å². The number of halogens is 3. The first-order chi connectivity index (χ1) is 14.0. The maximum Gasteiger partial charge on any atom is 0.573 e. The van der Waals surface area contributed by atoms with Gasteiger partial charge in [-0.05, 0) is 42.3 Å². The van der Waals surface area contributed by atoms with Crippen molar-refractivity contribution in [2.75, 3.05) is 11.9 Å². The molecule has 0 aliphatic heterocycles. The van der Waals surface area contributed by atoms with E-state index in [9.17, 15) is 27.6 Å². The standard InChI is InChI=1S/C19H19F3N2O6/c1-11(2)16(24-17(26)14-4-3-9-28-14)18(27)29-10-15(25)23-12-5-7-13(8-6-12)30-19(20,21)22/h3-9,11,16H,10H2,1-2H3,(H,23,25)(H,24,26)/t16-/m0/s1. The lowest BCUT2D eigenvalue weighted by atomic mass is 10.0. The van der Waals surface area contributed by atoms with Crippen molar-refractivity contribution >= 4 is 23.5 Å². The molecule has 2 amide bonds. The number of amides is 2. The van der Waals surface area contributed by atoms with Crippen molar-refractivity contribution in [1.29, 1.82) is 0 Å². The normalized spacial score (nSPS) is 12.2. The number of benzene rings is 1. The summed E-state index contributed by atoms with van der Waals surface area (Å²) >= 11 is 0. The van der Waals surface area contributed by atoms with Gasteiger partial charge < -0.3 is 24.5 Å². The van der Waals surface area contributed by atoms with Crippen LogP contribution in [0.3, 0.4) is 0 Å². The van der Waals surface area contributed by atoms with Gasteiger partial charge >= 0.3 is 12.3 Å². The molecule has 0 saturated carbocycles. The highest BCUT2D eigenvalue weighted by atomic mass is 19.4. The van der Waals surface area contributed by atoms with Crippen LogP contribution in [0.5, 0.6) is 5.75 Å². The van der Waals surface area contributed by atoms with Gasteiger partial charge in [-0.25, -0.2) is 4.79 Å². The van der Waals surface area contributed by atoms with Crippen LogP contribution in [0.2, 0.25) is 0 Å². The predicted molar refractivity (Wildman–Crippen MR) is 97.5 cm³/mol. The molecule has 0 saturated heterocycles. The van der Waals surface area contributed by atoms with Gasteiger partial charge in [-0.1, -0.05) is 13.8 Å². The highest BCUT2D eigenvalue weighted by Gasteiger charge is 2.31. The van der Waals surface area contributed by atoms with E-state index in [4.69, 9.17) is 9.15 Å². The molecule has 162 valence electrons. The van der Waals surface area contributed by atoms with Gasteiger partial charge in [-0.2, -0.15) is 0 Å². The molecule has 11 heteroatoms. The molecule has 1 heterocycles. The Labute approximate surface area is 169 Å². The van der Waals surface area contributed by atoms with Crippen LogP contribution < -0.4 is 15.4 Å². The van der Waals surface area contributed by atoms with Crippen molar-refractivity contribution in [1.82, 2.24) is 5.32 Å². The second-order valence-electron chi connectivity index (χ2n) is 6.40. The van der Waals surface area contributed by atoms with Gasteiger partial charge in [0.05, 0.1) is 6.26 Å². The predicted octanol–water partition coefficient (Wildman–Crippen LogP) is 3.11. The first-order valence-electron chi connectivity index (χ1n) is 8.72. The fourth-order valence-corrected chi connectivity index (χ4v) is 2.28. The van der Waals surface area contributed by atoms with E-state index in [-0.39, 0.29) is 17.4 Å².